The summed E-state index contributed by atoms with van der Waals surface area (Å²) in [7, 11) is 0. The predicted molar refractivity (Wildman–Crippen MR) is 281 cm³/mol. The Hall–Kier alpha value is -8.84. The molecule has 0 unspecified atom stereocenters. The molecule has 0 aromatic heterocycles. The number of phenols is 9. The van der Waals surface area contributed by atoms with Crippen LogP contribution in [0.25, 0.3) is 0 Å². The van der Waals surface area contributed by atoms with Crippen LogP contribution in [0.1, 0.15) is 114 Å². The van der Waals surface area contributed by atoms with Crippen molar-refractivity contribution < 1.29 is 85.3 Å². The van der Waals surface area contributed by atoms with Gasteiger partial charge in [-0.05, 0) is 117 Å². The van der Waals surface area contributed by atoms with Gasteiger partial charge in [-0.3, -0.25) is 0 Å². The van der Waals surface area contributed by atoms with E-state index in [1.807, 2.05) is 0 Å². The molecule has 17 heteroatoms. The summed E-state index contributed by atoms with van der Waals surface area (Å²) in [5, 5.41) is 146. The molecule has 0 saturated carbocycles. The fourth-order valence-electron chi connectivity index (χ4n) is 13.4. The summed E-state index contributed by atoms with van der Waals surface area (Å²) in [6.45, 7) is -0.743. The lowest BCUT2D eigenvalue weighted by molar-refractivity contribution is -0.277. The second-order valence-electron chi connectivity index (χ2n) is 21.0. The standard InChI is InChI=1S/C62H52O17/c63-25-45-57(73)58(74)59(75)62(79-45)76-38-22-40(50-43(23-38)77-60(28-5-13-33(66)14-6-28)48(50)30-17-35(68)19-36(69)18-30)51-47(27-3-11-32(65)12-4-27)55-46(26-1-9-31(64)10-2-26)49-39(20-37(70)21-41(49)71)52-54-44(24-42(72)53(51)56(54)55)78-61(52)29-7-15-34(67)16-8-29/h1-24,45-48,51-52,55,57-75H,25H2/t45-,46+,47+,48-,51+,52+,55-,57-,58+,59-,60+,61-,62-/m1/s1. The maximum atomic E-state index is 13.1. The first-order chi connectivity index (χ1) is 38.0. The Kier molecular flexibility index (Phi) is 11.8. The van der Waals surface area contributed by atoms with Crippen LogP contribution in [-0.2, 0) is 4.74 Å². The highest BCUT2D eigenvalue weighted by atomic mass is 16.7. The molecule has 13 rings (SSSR count). The van der Waals surface area contributed by atoms with E-state index < -0.39 is 85.0 Å². The molecule has 5 aliphatic rings. The molecule has 0 amide bonds. The second kappa shape index (κ2) is 18.7. The fraction of sp³-hybridized carbons (Fsp3) is 0.226. The van der Waals surface area contributed by atoms with Crippen LogP contribution in [0.5, 0.6) is 69.0 Å². The lowest BCUT2D eigenvalue weighted by atomic mass is 9.68. The molecule has 79 heavy (non-hydrogen) atoms. The Labute approximate surface area is 450 Å². The van der Waals surface area contributed by atoms with E-state index in [9.17, 15) is 66.4 Å². The van der Waals surface area contributed by atoms with E-state index >= 15 is 0 Å². The molecule has 13 atom stereocenters. The van der Waals surface area contributed by atoms with E-state index in [1.54, 1.807) is 60.7 Å². The molecule has 2 aliphatic carbocycles. The minimum absolute atomic E-state index is 0.00235. The molecular formula is C62H52O17. The van der Waals surface area contributed by atoms with Crippen LogP contribution >= 0.6 is 0 Å². The van der Waals surface area contributed by atoms with E-state index in [0.717, 1.165) is 0 Å². The molecule has 3 aliphatic heterocycles. The van der Waals surface area contributed by atoms with Crippen LogP contribution in [0.4, 0.5) is 0 Å². The van der Waals surface area contributed by atoms with E-state index in [2.05, 4.69) is 0 Å². The lowest BCUT2D eigenvalue weighted by Gasteiger charge is -2.39. The average molecular weight is 1070 g/mol. The lowest BCUT2D eigenvalue weighted by Crippen LogP contribution is -2.60. The zero-order chi connectivity index (χ0) is 54.9. The Morgan fingerprint density at radius 3 is 1.46 bits per heavy atom. The van der Waals surface area contributed by atoms with E-state index in [-0.39, 0.29) is 63.2 Å². The number of phenolic OH excluding ortho intramolecular Hbond substituents is 9. The van der Waals surface area contributed by atoms with Crippen molar-refractivity contribution in [1.82, 2.24) is 0 Å². The Morgan fingerprint density at radius 2 is 0.873 bits per heavy atom. The van der Waals surface area contributed by atoms with Gasteiger partial charge >= 0.3 is 0 Å². The first kappa shape index (κ1) is 49.7. The Morgan fingerprint density at radius 1 is 0.367 bits per heavy atom. The topological polar surface area (TPSA) is 300 Å². The molecule has 0 bridgehead atoms. The van der Waals surface area contributed by atoms with Gasteiger partial charge in [0.05, 0.1) is 18.4 Å². The molecule has 3 heterocycles. The van der Waals surface area contributed by atoms with E-state index in [4.69, 9.17) is 18.9 Å². The van der Waals surface area contributed by atoms with Gasteiger partial charge in [-0.1, -0.05) is 48.5 Å². The molecule has 13 N–H and O–H groups in total. The van der Waals surface area contributed by atoms with Crippen LogP contribution in [0.15, 0.2) is 146 Å². The Balaban J connectivity index is 1.14. The van der Waals surface area contributed by atoms with Crippen molar-refractivity contribution in [3.05, 3.63) is 212 Å². The normalized spacial score (nSPS) is 27.0. The molecule has 1 saturated heterocycles. The van der Waals surface area contributed by atoms with Gasteiger partial charge in [0.25, 0.3) is 0 Å². The number of aliphatic hydroxyl groups excluding tert-OH is 4. The van der Waals surface area contributed by atoms with E-state index in [0.29, 0.717) is 72.5 Å². The van der Waals surface area contributed by atoms with Crippen LogP contribution in [-0.4, -0.2) is 104 Å². The number of benzene rings is 8. The van der Waals surface area contributed by atoms with Gasteiger partial charge in [-0.15, -0.1) is 0 Å². The molecule has 17 nitrogen and oxygen atoms in total. The monoisotopic (exact) mass is 1070 g/mol. The fourth-order valence-corrected chi connectivity index (χ4v) is 13.4. The van der Waals surface area contributed by atoms with Gasteiger partial charge in [-0.2, -0.15) is 0 Å². The summed E-state index contributed by atoms with van der Waals surface area (Å²) >= 11 is 0. The third kappa shape index (κ3) is 8.02. The van der Waals surface area contributed by atoms with Crippen molar-refractivity contribution >= 4 is 0 Å². The van der Waals surface area contributed by atoms with Crippen molar-refractivity contribution in [2.75, 3.05) is 6.61 Å². The number of hydrogen-bond acceptors (Lipinski definition) is 17. The number of rotatable bonds is 9. The highest BCUT2D eigenvalue weighted by Gasteiger charge is 2.58. The summed E-state index contributed by atoms with van der Waals surface area (Å²) in [5.41, 5.74) is 6.23. The molecular weight excluding hydrogens is 1020 g/mol. The van der Waals surface area contributed by atoms with Crippen molar-refractivity contribution in [3.8, 4) is 69.0 Å². The van der Waals surface area contributed by atoms with Crippen molar-refractivity contribution in [1.29, 1.82) is 0 Å². The van der Waals surface area contributed by atoms with Crippen LogP contribution in [0.2, 0.25) is 0 Å². The summed E-state index contributed by atoms with van der Waals surface area (Å²) in [6, 6.07) is 37.7. The molecule has 8 aromatic rings. The maximum absolute atomic E-state index is 13.1. The summed E-state index contributed by atoms with van der Waals surface area (Å²) in [6.07, 6.45) is -10.2. The van der Waals surface area contributed by atoms with Gasteiger partial charge in [0, 0.05) is 70.2 Å². The minimum atomic E-state index is -1.84. The quantitative estimate of drug-likeness (QED) is 0.0653. The van der Waals surface area contributed by atoms with Crippen molar-refractivity contribution in [3.63, 3.8) is 0 Å². The molecule has 0 spiro atoms. The molecule has 8 aromatic carbocycles. The van der Waals surface area contributed by atoms with Crippen molar-refractivity contribution in [2.45, 2.75) is 78.4 Å². The maximum Gasteiger partial charge on any atom is 0.229 e. The molecule has 402 valence electrons. The SMILES string of the molecule is OC[C@H]1O[C@@H](Oc2cc3c(c([C@@H]4c5c(O)cc6c7c5[C@H]([C@@H](c5ccc(O)cc5)c5c(O)cc(O)cc5[C@@H]7[C@@H](c5ccc(O)cc5)O6)[C@H]4c4ccc(O)cc4)c2)[C@@H](c2cc(O)cc(O)c2)[C@H](c2ccc(O)cc2)O3)[C@H](O)[C@@H](O)[C@@H]1O. The number of hydrogen-bond donors (Lipinski definition) is 13. The minimum Gasteiger partial charge on any atom is -0.508 e. The van der Waals surface area contributed by atoms with Crippen LogP contribution in [0, 0.1) is 0 Å². The number of fused-ring (bicyclic) bond motifs is 3. The zero-order valence-electron chi connectivity index (χ0n) is 41.5. The average Bonchev–Trinajstić information content (AvgIpc) is 3.97. The highest BCUT2D eigenvalue weighted by Crippen LogP contribution is 2.72. The zero-order valence-corrected chi connectivity index (χ0v) is 41.5. The summed E-state index contributed by atoms with van der Waals surface area (Å²) in [5.74, 6) is -6.12. The number of aromatic hydroxyl groups is 9. The van der Waals surface area contributed by atoms with Gasteiger partial charge < -0.3 is 85.3 Å². The van der Waals surface area contributed by atoms with Crippen molar-refractivity contribution in [2.24, 2.45) is 0 Å². The van der Waals surface area contributed by atoms with E-state index in [1.165, 1.54) is 84.9 Å². The van der Waals surface area contributed by atoms with Crippen LogP contribution in [0.3, 0.4) is 0 Å². The highest BCUT2D eigenvalue weighted by molar-refractivity contribution is 5.74. The van der Waals surface area contributed by atoms with Crippen LogP contribution < -0.4 is 14.2 Å². The second-order valence-corrected chi connectivity index (χ2v) is 21.0. The first-order valence-electron chi connectivity index (χ1n) is 25.7. The third-order valence-corrected chi connectivity index (χ3v) is 16.5. The Bertz CT molecular complexity index is 3660. The molecule has 1 fully saturated rings. The van der Waals surface area contributed by atoms with Gasteiger partial charge in [0.1, 0.15) is 106 Å². The smallest absolute Gasteiger partial charge is 0.229 e. The largest absolute Gasteiger partial charge is 0.508 e. The van der Waals surface area contributed by atoms with Gasteiger partial charge in [0.2, 0.25) is 6.29 Å². The third-order valence-electron chi connectivity index (χ3n) is 16.5. The number of ether oxygens (including phenoxy) is 4. The number of aliphatic hydroxyl groups is 4. The summed E-state index contributed by atoms with van der Waals surface area (Å²) in [4.78, 5) is 0. The molecule has 0 radical (unpaired) electrons. The summed E-state index contributed by atoms with van der Waals surface area (Å²) < 4.78 is 26.3. The van der Waals surface area contributed by atoms with Gasteiger partial charge in [0.15, 0.2) is 0 Å². The predicted octanol–water partition coefficient (Wildman–Crippen LogP) is 7.91. The first-order valence-corrected chi connectivity index (χ1v) is 25.7. The van der Waals surface area contributed by atoms with Gasteiger partial charge in [-0.25, -0.2) is 0 Å².